The Balaban J connectivity index is 2.49. The lowest BCUT2D eigenvalue weighted by atomic mass is 10.1. The fourth-order valence-corrected chi connectivity index (χ4v) is 1.17. The average Bonchev–Trinajstić information content (AvgIpc) is 1.98. The van der Waals surface area contributed by atoms with Gasteiger partial charge < -0.3 is 4.74 Å². The van der Waals surface area contributed by atoms with Crippen LogP contribution in [0.4, 0.5) is 4.79 Å². The van der Waals surface area contributed by atoms with Crippen LogP contribution in [0.5, 0.6) is 0 Å². The van der Waals surface area contributed by atoms with Crippen LogP contribution in [0.25, 0.3) is 0 Å². The number of hydrogen-bond donors (Lipinski definition) is 0. The number of nitrogens with zero attached hydrogens (tertiary/aromatic N) is 1. The first-order valence-electron chi connectivity index (χ1n) is 5.03. The molecular weight excluding hydrogens is 190 g/mol. The molecule has 0 unspecified atom stereocenters. The van der Waals surface area contributed by atoms with Gasteiger partial charge in [-0.1, -0.05) is 5.92 Å². The smallest absolute Gasteiger partial charge is 0.414 e. The van der Waals surface area contributed by atoms with E-state index in [1.54, 1.807) is 11.8 Å². The van der Waals surface area contributed by atoms with Gasteiger partial charge in [-0.05, 0) is 33.8 Å². The minimum atomic E-state index is -0.436. The van der Waals surface area contributed by atoms with Crippen LogP contribution in [0.3, 0.4) is 0 Å². The van der Waals surface area contributed by atoms with Crippen molar-refractivity contribution in [1.29, 1.82) is 0 Å². The summed E-state index contributed by atoms with van der Waals surface area (Å²) in [7, 11) is 0. The second kappa shape index (κ2) is 4.39. The highest BCUT2D eigenvalue weighted by Crippen LogP contribution is 2.21. The summed E-state index contributed by atoms with van der Waals surface area (Å²) in [6.45, 7) is 8.01. The summed E-state index contributed by atoms with van der Waals surface area (Å²) in [5.41, 5.74) is 0.507. The van der Waals surface area contributed by atoms with Gasteiger partial charge in [0.1, 0.15) is 5.60 Å². The lowest BCUT2D eigenvalue weighted by Gasteiger charge is -2.32. The molecule has 0 aliphatic carbocycles. The van der Waals surface area contributed by atoms with Gasteiger partial charge in [-0.25, -0.2) is 4.79 Å². The molecule has 3 nitrogen and oxygen atoms in total. The van der Waals surface area contributed by atoms with Gasteiger partial charge in [-0.3, -0.25) is 4.90 Å². The second-order valence-corrected chi connectivity index (χ2v) is 4.39. The molecule has 0 bridgehead atoms. The summed E-state index contributed by atoms with van der Waals surface area (Å²) < 4.78 is 5.25. The van der Waals surface area contributed by atoms with E-state index in [4.69, 9.17) is 4.74 Å². The van der Waals surface area contributed by atoms with Crippen LogP contribution in [-0.4, -0.2) is 23.1 Å². The number of carbonyl (C=O) groups is 1. The van der Waals surface area contributed by atoms with Crippen molar-refractivity contribution < 1.29 is 9.53 Å². The maximum absolute atomic E-state index is 11.6. The van der Waals surface area contributed by atoms with E-state index >= 15 is 0 Å². The van der Waals surface area contributed by atoms with Crippen molar-refractivity contribution in [3.8, 4) is 11.8 Å². The summed E-state index contributed by atoms with van der Waals surface area (Å²) in [5, 5.41) is 0. The van der Waals surface area contributed by atoms with E-state index in [0.717, 1.165) is 5.70 Å². The molecule has 1 aliphatic rings. The molecule has 3 heteroatoms. The number of hydrogen-bond acceptors (Lipinski definition) is 2. The summed E-state index contributed by atoms with van der Waals surface area (Å²) in [6.07, 6.45) is 2.34. The molecule has 0 fully saturated rings. The molecule has 1 heterocycles. The molecule has 0 aromatic carbocycles. The third-order valence-electron chi connectivity index (χ3n) is 1.92. The molecule has 0 aromatic heterocycles. The van der Waals surface area contributed by atoms with Crippen LogP contribution in [0.15, 0.2) is 11.8 Å². The molecule has 0 aromatic rings. The highest BCUT2D eigenvalue weighted by Gasteiger charge is 2.27. The first-order valence-corrected chi connectivity index (χ1v) is 5.03. The van der Waals surface area contributed by atoms with Crippen LogP contribution in [0.1, 0.15) is 34.1 Å². The van der Waals surface area contributed by atoms with E-state index in [-0.39, 0.29) is 6.09 Å². The van der Waals surface area contributed by atoms with Crippen LogP contribution < -0.4 is 0 Å². The molecule has 0 saturated carbocycles. The third-order valence-corrected chi connectivity index (χ3v) is 1.92. The van der Waals surface area contributed by atoms with E-state index in [9.17, 15) is 4.79 Å². The Morgan fingerprint density at radius 1 is 1.60 bits per heavy atom. The Bertz CT molecular complexity index is 339. The van der Waals surface area contributed by atoms with E-state index in [2.05, 4.69) is 11.8 Å². The zero-order valence-corrected chi connectivity index (χ0v) is 9.76. The van der Waals surface area contributed by atoms with Gasteiger partial charge in [0.15, 0.2) is 0 Å². The molecule has 0 saturated heterocycles. The molecule has 0 atom stereocenters. The molecule has 0 N–H and O–H groups in total. The fourth-order valence-electron chi connectivity index (χ4n) is 1.17. The van der Waals surface area contributed by atoms with E-state index in [0.29, 0.717) is 13.0 Å². The predicted molar refractivity (Wildman–Crippen MR) is 59.1 cm³/mol. The molecule has 1 aliphatic heterocycles. The Morgan fingerprint density at radius 3 is 2.67 bits per heavy atom. The van der Waals surface area contributed by atoms with Gasteiger partial charge in [0.05, 0.1) is 0 Å². The number of rotatable bonds is 1. The van der Waals surface area contributed by atoms with Crippen molar-refractivity contribution in [3.05, 3.63) is 11.8 Å². The molecular formula is C12H17NO2. The predicted octanol–water partition coefficient (Wildman–Crippen LogP) is 2.53. The molecule has 82 valence electrons. The first kappa shape index (κ1) is 11.6. The van der Waals surface area contributed by atoms with Crippen molar-refractivity contribution in [2.45, 2.75) is 39.7 Å². The lowest BCUT2D eigenvalue weighted by Crippen LogP contribution is -2.41. The standard InChI is InChI=1S/C12H17NO2/c1-5-6-7-10-8-9-13(10)11(14)15-12(2,3)4/h8H,7,9H2,1-4H3. The molecule has 0 radical (unpaired) electrons. The number of allylic oxidation sites excluding steroid dienone is 1. The van der Waals surface area contributed by atoms with Crippen LogP contribution in [0, 0.1) is 11.8 Å². The number of carbonyl (C=O) groups excluding carboxylic acids is 1. The maximum atomic E-state index is 11.6. The molecule has 1 amide bonds. The highest BCUT2D eigenvalue weighted by atomic mass is 16.6. The largest absolute Gasteiger partial charge is 0.443 e. The normalized spacial score (nSPS) is 14.7. The Kier molecular flexibility index (Phi) is 3.41. The Hall–Kier alpha value is -1.43. The van der Waals surface area contributed by atoms with Crippen molar-refractivity contribution >= 4 is 6.09 Å². The van der Waals surface area contributed by atoms with E-state index in [1.165, 1.54) is 0 Å². The molecule has 15 heavy (non-hydrogen) atoms. The van der Waals surface area contributed by atoms with Gasteiger partial charge in [0, 0.05) is 18.7 Å². The third kappa shape index (κ3) is 3.32. The highest BCUT2D eigenvalue weighted by molar-refractivity contribution is 5.72. The van der Waals surface area contributed by atoms with Crippen LogP contribution in [0.2, 0.25) is 0 Å². The SMILES string of the molecule is CC#CCC1=CCN1C(=O)OC(C)(C)C. The fraction of sp³-hybridized carbons (Fsp3) is 0.583. The topological polar surface area (TPSA) is 29.5 Å². The Labute approximate surface area is 91.1 Å². The summed E-state index contributed by atoms with van der Waals surface area (Å²) in [4.78, 5) is 13.2. The van der Waals surface area contributed by atoms with Crippen molar-refractivity contribution in [2.75, 3.05) is 6.54 Å². The van der Waals surface area contributed by atoms with Crippen LogP contribution >= 0.6 is 0 Å². The summed E-state index contributed by atoms with van der Waals surface area (Å²) in [6, 6.07) is 0. The van der Waals surface area contributed by atoms with Crippen molar-refractivity contribution in [1.82, 2.24) is 4.90 Å². The quantitative estimate of drug-likeness (QED) is 0.618. The van der Waals surface area contributed by atoms with E-state index in [1.807, 2.05) is 26.8 Å². The monoisotopic (exact) mass is 207 g/mol. The minimum absolute atomic E-state index is 0.280. The second-order valence-electron chi connectivity index (χ2n) is 4.39. The van der Waals surface area contributed by atoms with E-state index < -0.39 is 5.60 Å². The molecule has 1 rings (SSSR count). The number of amides is 1. The van der Waals surface area contributed by atoms with Gasteiger partial charge in [0.25, 0.3) is 0 Å². The van der Waals surface area contributed by atoms with Crippen molar-refractivity contribution in [3.63, 3.8) is 0 Å². The van der Waals surface area contributed by atoms with Gasteiger partial charge in [0.2, 0.25) is 0 Å². The first-order chi connectivity index (χ1) is 6.94. The minimum Gasteiger partial charge on any atom is -0.443 e. The average molecular weight is 207 g/mol. The maximum Gasteiger partial charge on any atom is 0.414 e. The lowest BCUT2D eigenvalue weighted by molar-refractivity contribution is 0.0297. The van der Waals surface area contributed by atoms with Crippen molar-refractivity contribution in [2.24, 2.45) is 0 Å². The summed E-state index contributed by atoms with van der Waals surface area (Å²) >= 11 is 0. The zero-order chi connectivity index (χ0) is 11.5. The molecule has 0 spiro atoms. The van der Waals surface area contributed by atoms with Crippen LogP contribution in [-0.2, 0) is 4.74 Å². The zero-order valence-electron chi connectivity index (χ0n) is 9.76. The summed E-state index contributed by atoms with van der Waals surface area (Å²) in [5.74, 6) is 5.74. The Morgan fingerprint density at radius 2 is 2.27 bits per heavy atom. The van der Waals surface area contributed by atoms with Gasteiger partial charge >= 0.3 is 6.09 Å². The van der Waals surface area contributed by atoms with Gasteiger partial charge in [-0.2, -0.15) is 0 Å². The van der Waals surface area contributed by atoms with Gasteiger partial charge in [-0.15, -0.1) is 5.92 Å². The number of ether oxygens (including phenoxy) is 1.